The molecule has 0 saturated heterocycles. The molecule has 2 fully saturated rings. The Balaban J connectivity index is 1.44. The van der Waals surface area contributed by atoms with Gasteiger partial charge in [-0.25, -0.2) is 0 Å². The summed E-state index contributed by atoms with van der Waals surface area (Å²) in [6.07, 6.45) is 3.37. The van der Waals surface area contributed by atoms with Gasteiger partial charge in [-0.2, -0.15) is 0 Å². The third-order valence-electron chi connectivity index (χ3n) is 4.33. The van der Waals surface area contributed by atoms with E-state index in [0.717, 1.165) is 30.3 Å². The Bertz CT molecular complexity index is 613. The second kappa shape index (κ2) is 7.55. The summed E-state index contributed by atoms with van der Waals surface area (Å²) in [7, 11) is 1.78. The van der Waals surface area contributed by atoms with Gasteiger partial charge < -0.3 is 20.7 Å². The largest absolute Gasteiger partial charge is 0.484 e. The smallest absolute Gasteiger partial charge is 0.258 e. The average molecular weight is 330 g/mol. The summed E-state index contributed by atoms with van der Waals surface area (Å²) in [5.41, 5.74) is 1.09. The molecule has 2 aliphatic carbocycles. The van der Waals surface area contributed by atoms with E-state index >= 15 is 0 Å². The maximum absolute atomic E-state index is 11.7. The maximum Gasteiger partial charge on any atom is 0.258 e. The molecule has 1 aromatic carbocycles. The SMILES string of the molecule is CN=C(NCc1cccc(OCC(=O)NC2CC2)c1)NC1CC1C. The molecule has 1 aromatic rings. The number of nitrogens with one attached hydrogen (secondary N) is 3. The first kappa shape index (κ1) is 16.6. The van der Waals surface area contributed by atoms with E-state index in [-0.39, 0.29) is 12.5 Å². The van der Waals surface area contributed by atoms with E-state index in [1.54, 1.807) is 7.05 Å². The second-order valence-corrected chi connectivity index (χ2v) is 6.67. The van der Waals surface area contributed by atoms with Crippen LogP contribution in [0.4, 0.5) is 0 Å². The molecule has 0 heterocycles. The number of carbonyl (C=O) groups excluding carboxylic acids is 1. The molecule has 2 atom stereocenters. The standard InChI is InChI=1S/C18H26N4O2/c1-12-8-16(12)22-18(19-2)20-10-13-4-3-5-15(9-13)24-11-17(23)21-14-6-7-14/h3-5,9,12,14,16H,6-8,10-11H2,1-2H3,(H,21,23)(H2,19,20,22). The van der Waals surface area contributed by atoms with Gasteiger partial charge in [-0.15, -0.1) is 0 Å². The van der Waals surface area contributed by atoms with Gasteiger partial charge in [0, 0.05) is 25.7 Å². The van der Waals surface area contributed by atoms with E-state index < -0.39 is 0 Å². The molecular formula is C18H26N4O2. The topological polar surface area (TPSA) is 74.8 Å². The van der Waals surface area contributed by atoms with E-state index in [9.17, 15) is 4.79 Å². The van der Waals surface area contributed by atoms with Crippen molar-refractivity contribution in [2.24, 2.45) is 10.9 Å². The van der Waals surface area contributed by atoms with E-state index in [1.165, 1.54) is 6.42 Å². The Morgan fingerprint density at radius 3 is 2.79 bits per heavy atom. The molecule has 2 aliphatic rings. The van der Waals surface area contributed by atoms with E-state index in [2.05, 4.69) is 27.9 Å². The predicted octanol–water partition coefficient (Wildman–Crippen LogP) is 1.42. The first-order valence-corrected chi connectivity index (χ1v) is 8.62. The average Bonchev–Trinajstić information content (AvgIpc) is 3.50. The molecule has 0 bridgehead atoms. The molecule has 3 N–H and O–H groups in total. The zero-order valence-electron chi connectivity index (χ0n) is 14.3. The molecule has 3 rings (SSSR count). The van der Waals surface area contributed by atoms with Crippen LogP contribution in [-0.2, 0) is 11.3 Å². The van der Waals surface area contributed by atoms with Crippen molar-refractivity contribution in [3.05, 3.63) is 29.8 Å². The Hall–Kier alpha value is -2.24. The Kier molecular flexibility index (Phi) is 5.23. The summed E-state index contributed by atoms with van der Waals surface area (Å²) in [4.78, 5) is 15.9. The van der Waals surface area contributed by atoms with Gasteiger partial charge in [0.25, 0.3) is 5.91 Å². The highest BCUT2D eigenvalue weighted by Gasteiger charge is 2.33. The summed E-state index contributed by atoms with van der Waals surface area (Å²) in [5, 5.41) is 9.62. The van der Waals surface area contributed by atoms with Gasteiger partial charge in [-0.05, 0) is 42.9 Å². The lowest BCUT2D eigenvalue weighted by atomic mass is 10.2. The lowest BCUT2D eigenvalue weighted by Gasteiger charge is -2.12. The van der Waals surface area contributed by atoms with Crippen molar-refractivity contribution in [3.8, 4) is 5.75 Å². The van der Waals surface area contributed by atoms with Gasteiger partial charge in [0.15, 0.2) is 12.6 Å². The molecule has 0 aromatic heterocycles. The van der Waals surface area contributed by atoms with Crippen molar-refractivity contribution in [2.45, 2.75) is 44.8 Å². The van der Waals surface area contributed by atoms with E-state index in [0.29, 0.717) is 24.4 Å². The van der Waals surface area contributed by atoms with Gasteiger partial charge >= 0.3 is 0 Å². The molecule has 24 heavy (non-hydrogen) atoms. The maximum atomic E-state index is 11.7. The van der Waals surface area contributed by atoms with E-state index in [4.69, 9.17) is 4.74 Å². The van der Waals surface area contributed by atoms with Crippen LogP contribution in [0.2, 0.25) is 0 Å². The number of nitrogens with zero attached hydrogens (tertiary/aromatic N) is 1. The van der Waals surface area contributed by atoms with Crippen molar-refractivity contribution < 1.29 is 9.53 Å². The number of rotatable bonds is 7. The van der Waals surface area contributed by atoms with Crippen molar-refractivity contribution >= 4 is 11.9 Å². The molecule has 2 unspecified atom stereocenters. The molecular weight excluding hydrogens is 304 g/mol. The van der Waals surface area contributed by atoms with E-state index in [1.807, 2.05) is 24.3 Å². The lowest BCUT2D eigenvalue weighted by Crippen LogP contribution is -2.38. The van der Waals surface area contributed by atoms with Gasteiger partial charge in [0.1, 0.15) is 5.75 Å². The van der Waals surface area contributed by atoms with Crippen LogP contribution < -0.4 is 20.7 Å². The minimum Gasteiger partial charge on any atom is -0.484 e. The van der Waals surface area contributed by atoms with Crippen molar-refractivity contribution in [3.63, 3.8) is 0 Å². The highest BCUT2D eigenvalue weighted by molar-refractivity contribution is 5.80. The first-order chi connectivity index (χ1) is 11.6. The Morgan fingerprint density at radius 2 is 2.12 bits per heavy atom. The van der Waals surface area contributed by atoms with Crippen LogP contribution in [0.15, 0.2) is 29.3 Å². The summed E-state index contributed by atoms with van der Waals surface area (Å²) in [6.45, 7) is 2.95. The van der Waals surface area contributed by atoms with Gasteiger partial charge in [-0.3, -0.25) is 9.79 Å². The second-order valence-electron chi connectivity index (χ2n) is 6.67. The fourth-order valence-electron chi connectivity index (χ4n) is 2.47. The monoisotopic (exact) mass is 330 g/mol. The Labute approximate surface area is 143 Å². The van der Waals surface area contributed by atoms with Crippen LogP contribution in [0.5, 0.6) is 5.75 Å². The molecule has 0 radical (unpaired) electrons. The molecule has 6 heteroatoms. The number of aliphatic imine (C=N–C) groups is 1. The zero-order valence-corrected chi connectivity index (χ0v) is 14.3. The highest BCUT2D eigenvalue weighted by atomic mass is 16.5. The number of guanidine groups is 1. The Morgan fingerprint density at radius 1 is 1.33 bits per heavy atom. The molecule has 0 aliphatic heterocycles. The number of ether oxygens (including phenoxy) is 1. The molecule has 0 spiro atoms. The van der Waals surface area contributed by atoms with Crippen LogP contribution >= 0.6 is 0 Å². The normalized spacial score (nSPS) is 22.7. The fraction of sp³-hybridized carbons (Fsp3) is 0.556. The summed E-state index contributed by atoms with van der Waals surface area (Å²) in [6, 6.07) is 8.68. The molecule has 6 nitrogen and oxygen atoms in total. The third-order valence-corrected chi connectivity index (χ3v) is 4.33. The quantitative estimate of drug-likeness (QED) is 0.522. The fourth-order valence-corrected chi connectivity index (χ4v) is 2.47. The van der Waals surface area contributed by atoms with Crippen molar-refractivity contribution in [1.82, 2.24) is 16.0 Å². The van der Waals surface area contributed by atoms with Gasteiger partial charge in [-0.1, -0.05) is 19.1 Å². The third kappa shape index (κ3) is 5.15. The number of hydrogen-bond acceptors (Lipinski definition) is 3. The zero-order chi connectivity index (χ0) is 16.9. The summed E-state index contributed by atoms with van der Waals surface area (Å²) in [5.74, 6) is 2.20. The van der Waals surface area contributed by atoms with Gasteiger partial charge in [0.05, 0.1) is 0 Å². The molecule has 1 amide bonds. The summed E-state index contributed by atoms with van der Waals surface area (Å²) < 4.78 is 5.57. The predicted molar refractivity (Wildman–Crippen MR) is 94.0 cm³/mol. The molecule has 130 valence electrons. The number of hydrogen-bond donors (Lipinski definition) is 3. The van der Waals surface area contributed by atoms with Crippen LogP contribution in [-0.4, -0.2) is 37.6 Å². The van der Waals surface area contributed by atoms with Gasteiger partial charge in [0.2, 0.25) is 0 Å². The minimum absolute atomic E-state index is 0.0517. The summed E-state index contributed by atoms with van der Waals surface area (Å²) >= 11 is 0. The van der Waals surface area contributed by atoms with Crippen LogP contribution in [0.1, 0.15) is 31.7 Å². The van der Waals surface area contributed by atoms with Crippen LogP contribution in [0.3, 0.4) is 0 Å². The highest BCUT2D eigenvalue weighted by Crippen LogP contribution is 2.28. The van der Waals surface area contributed by atoms with Crippen molar-refractivity contribution in [1.29, 1.82) is 0 Å². The number of benzene rings is 1. The van der Waals surface area contributed by atoms with Crippen LogP contribution in [0.25, 0.3) is 0 Å². The first-order valence-electron chi connectivity index (χ1n) is 8.62. The molecule has 2 saturated carbocycles. The van der Waals surface area contributed by atoms with Crippen LogP contribution in [0, 0.1) is 5.92 Å². The lowest BCUT2D eigenvalue weighted by molar-refractivity contribution is -0.123. The van der Waals surface area contributed by atoms with Crippen molar-refractivity contribution in [2.75, 3.05) is 13.7 Å². The number of amides is 1. The minimum atomic E-state index is -0.0517. The number of carbonyl (C=O) groups is 1.